The van der Waals surface area contributed by atoms with E-state index in [1.165, 1.54) is 11.3 Å². The first-order valence-corrected chi connectivity index (χ1v) is 13.9. The van der Waals surface area contributed by atoms with Crippen molar-refractivity contribution in [3.05, 3.63) is 64.0 Å². The Morgan fingerprint density at radius 3 is 2.38 bits per heavy atom. The van der Waals surface area contributed by atoms with Crippen molar-refractivity contribution < 1.29 is 13.2 Å². The number of thiophene rings is 1. The second kappa shape index (κ2) is 9.41. The highest BCUT2D eigenvalue weighted by Crippen LogP contribution is 2.37. The molecule has 0 bridgehead atoms. The largest absolute Gasteiger partial charge is 0.372 e. The Balaban J connectivity index is 1.66. The molecule has 0 aliphatic carbocycles. The molecule has 1 fully saturated rings. The summed E-state index contributed by atoms with van der Waals surface area (Å²) in [5.41, 5.74) is 2.10. The maximum Gasteiger partial charge on any atom is 0.266 e. The molecule has 32 heavy (non-hydrogen) atoms. The zero-order valence-corrected chi connectivity index (χ0v) is 20.6. The van der Waals surface area contributed by atoms with Crippen LogP contribution in [-0.2, 0) is 16.4 Å². The number of amides is 1. The number of halogens is 1. The highest BCUT2D eigenvalue weighted by Gasteiger charge is 2.36. The van der Waals surface area contributed by atoms with Gasteiger partial charge in [0.1, 0.15) is 4.88 Å². The number of nitrogens with zero attached hydrogens (tertiary/aromatic N) is 2. The Kier molecular flexibility index (Phi) is 6.79. The number of rotatable bonds is 7. The summed E-state index contributed by atoms with van der Waals surface area (Å²) in [6.45, 7) is 6.43. The molecule has 1 unspecified atom stereocenters. The molecule has 0 saturated carbocycles. The van der Waals surface area contributed by atoms with Crippen molar-refractivity contribution in [1.82, 2.24) is 4.90 Å². The Bertz CT molecular complexity index is 1220. The van der Waals surface area contributed by atoms with Crippen LogP contribution in [0.1, 0.15) is 35.5 Å². The average Bonchev–Trinajstić information content (AvgIpc) is 3.32. The molecule has 1 aromatic heterocycles. The van der Waals surface area contributed by atoms with E-state index in [-0.39, 0.29) is 23.5 Å². The Hall–Kier alpha value is -2.09. The van der Waals surface area contributed by atoms with E-state index in [2.05, 4.69) is 30.9 Å². The van der Waals surface area contributed by atoms with Crippen LogP contribution in [0.25, 0.3) is 10.1 Å². The van der Waals surface area contributed by atoms with Crippen LogP contribution in [0, 0.1) is 0 Å². The van der Waals surface area contributed by atoms with Crippen LogP contribution in [0.4, 0.5) is 5.69 Å². The summed E-state index contributed by atoms with van der Waals surface area (Å²) in [4.78, 5) is 18.1. The van der Waals surface area contributed by atoms with Crippen molar-refractivity contribution in [2.45, 2.75) is 32.9 Å². The molecule has 1 saturated heterocycles. The van der Waals surface area contributed by atoms with Crippen molar-refractivity contribution in [2.75, 3.05) is 29.5 Å². The van der Waals surface area contributed by atoms with Crippen LogP contribution in [0.15, 0.2) is 48.5 Å². The predicted octanol–water partition coefficient (Wildman–Crippen LogP) is 5.23. The number of carbonyl (C=O) groups is 1. The molecule has 170 valence electrons. The van der Waals surface area contributed by atoms with Gasteiger partial charge in [0.2, 0.25) is 0 Å². The average molecular weight is 491 g/mol. The van der Waals surface area contributed by atoms with Crippen molar-refractivity contribution >= 4 is 54.5 Å². The minimum Gasteiger partial charge on any atom is -0.372 e. The fourth-order valence-electron chi connectivity index (χ4n) is 4.27. The van der Waals surface area contributed by atoms with E-state index in [0.717, 1.165) is 34.4 Å². The topological polar surface area (TPSA) is 57.7 Å². The molecule has 1 aliphatic heterocycles. The van der Waals surface area contributed by atoms with Gasteiger partial charge in [0.05, 0.1) is 16.5 Å². The summed E-state index contributed by atoms with van der Waals surface area (Å²) in [5, 5.41) is 1.29. The van der Waals surface area contributed by atoms with Gasteiger partial charge >= 0.3 is 0 Å². The summed E-state index contributed by atoms with van der Waals surface area (Å²) in [6.07, 6.45) is 0.452. The first kappa shape index (κ1) is 23.1. The van der Waals surface area contributed by atoms with E-state index >= 15 is 0 Å². The molecule has 0 spiro atoms. The molecule has 1 aliphatic rings. The van der Waals surface area contributed by atoms with Gasteiger partial charge in [-0.1, -0.05) is 41.9 Å². The highest BCUT2D eigenvalue weighted by atomic mass is 35.5. The summed E-state index contributed by atoms with van der Waals surface area (Å²) >= 11 is 7.95. The second-order valence-electron chi connectivity index (χ2n) is 8.07. The van der Waals surface area contributed by atoms with Crippen LogP contribution in [-0.4, -0.2) is 49.9 Å². The molecule has 0 radical (unpaired) electrons. The van der Waals surface area contributed by atoms with Crippen molar-refractivity contribution in [1.29, 1.82) is 0 Å². The highest BCUT2D eigenvalue weighted by molar-refractivity contribution is 7.91. The molecule has 5 nitrogen and oxygen atoms in total. The van der Waals surface area contributed by atoms with Gasteiger partial charge in [-0.25, -0.2) is 8.42 Å². The molecule has 2 heterocycles. The standard InChI is InChI=1S/C24H27ClN2O3S2/c1-3-26(4-2)18-11-9-17(10-12-18)15-27(19-13-14-32(29,30)16-19)24(28)23-22(25)20-7-5-6-8-21(20)31-23/h5-12,19H,3-4,13-16H2,1-2H3. The fourth-order valence-corrected chi connectivity index (χ4v) is 7.47. The molecular weight excluding hydrogens is 464 g/mol. The molecular formula is C24H27ClN2O3S2. The van der Waals surface area contributed by atoms with E-state index < -0.39 is 9.84 Å². The number of anilines is 1. The first-order valence-electron chi connectivity index (χ1n) is 10.8. The third kappa shape index (κ3) is 4.65. The van der Waals surface area contributed by atoms with Crippen LogP contribution >= 0.6 is 22.9 Å². The third-order valence-corrected chi connectivity index (χ3v) is 9.47. The summed E-state index contributed by atoms with van der Waals surface area (Å²) < 4.78 is 25.3. The zero-order valence-electron chi connectivity index (χ0n) is 18.3. The lowest BCUT2D eigenvalue weighted by Gasteiger charge is -2.28. The van der Waals surface area contributed by atoms with Gasteiger partial charge in [-0.2, -0.15) is 0 Å². The maximum atomic E-state index is 13.7. The summed E-state index contributed by atoms with van der Waals surface area (Å²) in [6, 6.07) is 15.5. The predicted molar refractivity (Wildman–Crippen MR) is 134 cm³/mol. The molecule has 1 amide bonds. The smallest absolute Gasteiger partial charge is 0.266 e. The van der Waals surface area contributed by atoms with Crippen molar-refractivity contribution in [2.24, 2.45) is 0 Å². The van der Waals surface area contributed by atoms with Crippen LogP contribution < -0.4 is 4.90 Å². The number of hydrogen-bond acceptors (Lipinski definition) is 5. The van der Waals surface area contributed by atoms with Crippen LogP contribution in [0.2, 0.25) is 5.02 Å². The van der Waals surface area contributed by atoms with Gasteiger partial charge in [0.15, 0.2) is 9.84 Å². The molecule has 4 rings (SSSR count). The number of benzene rings is 2. The van der Waals surface area contributed by atoms with E-state index in [4.69, 9.17) is 11.6 Å². The molecule has 0 N–H and O–H groups in total. The van der Waals surface area contributed by atoms with Gasteiger partial charge in [-0.05, 0) is 44.0 Å². The minimum absolute atomic E-state index is 0.00121. The van der Waals surface area contributed by atoms with E-state index in [1.807, 2.05) is 36.4 Å². The number of fused-ring (bicyclic) bond motifs is 1. The van der Waals surface area contributed by atoms with E-state index in [1.54, 1.807) is 4.90 Å². The second-order valence-corrected chi connectivity index (χ2v) is 11.7. The molecule has 1 atom stereocenters. The van der Waals surface area contributed by atoms with Gasteiger partial charge in [0, 0.05) is 41.4 Å². The molecule has 2 aromatic carbocycles. The SMILES string of the molecule is CCN(CC)c1ccc(CN(C(=O)c2sc3ccccc3c2Cl)C2CCS(=O)(=O)C2)cc1. The quantitative estimate of drug-likeness (QED) is 0.455. The van der Waals surface area contributed by atoms with Gasteiger partial charge < -0.3 is 9.80 Å². The lowest BCUT2D eigenvalue weighted by atomic mass is 10.1. The van der Waals surface area contributed by atoms with Crippen molar-refractivity contribution in [3.63, 3.8) is 0 Å². The lowest BCUT2D eigenvalue weighted by Crippen LogP contribution is -2.40. The Morgan fingerprint density at radius 2 is 1.78 bits per heavy atom. The van der Waals surface area contributed by atoms with Crippen molar-refractivity contribution in [3.8, 4) is 0 Å². The third-order valence-electron chi connectivity index (χ3n) is 6.06. The number of hydrogen-bond donors (Lipinski definition) is 0. The number of carbonyl (C=O) groups excluding carboxylic acids is 1. The van der Waals surface area contributed by atoms with Gasteiger partial charge in [-0.3, -0.25) is 4.79 Å². The Morgan fingerprint density at radius 1 is 1.09 bits per heavy atom. The summed E-state index contributed by atoms with van der Waals surface area (Å²) in [5.74, 6) is -0.0903. The normalized spacial score (nSPS) is 17.5. The number of sulfone groups is 1. The first-order chi connectivity index (χ1) is 15.3. The molecule has 8 heteroatoms. The zero-order chi connectivity index (χ0) is 22.9. The lowest BCUT2D eigenvalue weighted by molar-refractivity contribution is 0.0686. The van der Waals surface area contributed by atoms with E-state index in [0.29, 0.717) is 22.9 Å². The Labute approximate surface area is 198 Å². The fraction of sp³-hybridized carbons (Fsp3) is 0.375. The monoisotopic (exact) mass is 490 g/mol. The van der Waals surface area contributed by atoms with Crippen LogP contribution in [0.3, 0.4) is 0 Å². The maximum absolute atomic E-state index is 13.7. The van der Waals surface area contributed by atoms with Crippen LogP contribution in [0.5, 0.6) is 0 Å². The van der Waals surface area contributed by atoms with E-state index in [9.17, 15) is 13.2 Å². The minimum atomic E-state index is -3.14. The summed E-state index contributed by atoms with van der Waals surface area (Å²) in [7, 11) is -3.14. The van der Waals surface area contributed by atoms with Gasteiger partial charge in [-0.15, -0.1) is 11.3 Å². The van der Waals surface area contributed by atoms with Gasteiger partial charge in [0.25, 0.3) is 5.91 Å². The molecule has 3 aromatic rings.